The van der Waals surface area contributed by atoms with E-state index in [1.807, 2.05) is 12.1 Å². The fourth-order valence-electron chi connectivity index (χ4n) is 4.10. The van der Waals surface area contributed by atoms with E-state index in [0.29, 0.717) is 5.75 Å². The molecule has 2 saturated heterocycles. The Morgan fingerprint density at radius 2 is 1.80 bits per heavy atom. The molecule has 2 aromatic carbocycles. The summed E-state index contributed by atoms with van der Waals surface area (Å²) in [6, 6.07) is 12.4. The highest BCUT2D eigenvalue weighted by Crippen LogP contribution is 2.39. The first kappa shape index (κ1) is 12.2. The molecule has 4 rings (SSSR count). The van der Waals surface area contributed by atoms with Crippen LogP contribution in [0.3, 0.4) is 0 Å². The van der Waals surface area contributed by atoms with Gasteiger partial charge in [-0.25, -0.2) is 0 Å². The van der Waals surface area contributed by atoms with Gasteiger partial charge in [-0.3, -0.25) is 0 Å². The topological polar surface area (TPSA) is 23.5 Å². The third-order valence-electron chi connectivity index (χ3n) is 5.14. The predicted octanol–water partition coefficient (Wildman–Crippen LogP) is 3.74. The van der Waals surface area contributed by atoms with E-state index >= 15 is 0 Å². The number of benzene rings is 2. The maximum absolute atomic E-state index is 9.56. The van der Waals surface area contributed by atoms with Crippen LogP contribution >= 0.6 is 0 Å². The van der Waals surface area contributed by atoms with Gasteiger partial charge in [-0.05, 0) is 72.7 Å². The van der Waals surface area contributed by atoms with Gasteiger partial charge < -0.3 is 10.0 Å². The number of phenolic OH excluding ortho intramolecular Hbond substituents is 1. The van der Waals surface area contributed by atoms with Gasteiger partial charge in [0.2, 0.25) is 0 Å². The van der Waals surface area contributed by atoms with Crippen molar-refractivity contribution in [2.24, 2.45) is 5.92 Å². The zero-order chi connectivity index (χ0) is 13.5. The standard InChI is InChI=1S/C18H21NO/c20-17-6-5-13-10-15(4-3-14(13)11-17)18-7-9-19-8-1-2-16(18)12-19/h3-6,10-11,16,18,20H,1-2,7-9,12H2. The normalized spacial score (nSPS) is 29.5. The fraction of sp³-hybridized carbons (Fsp3) is 0.444. The van der Waals surface area contributed by atoms with E-state index in [1.54, 1.807) is 6.07 Å². The van der Waals surface area contributed by atoms with Crippen LogP contribution in [0.15, 0.2) is 36.4 Å². The molecule has 2 heterocycles. The summed E-state index contributed by atoms with van der Waals surface area (Å²) in [5.41, 5.74) is 1.50. The van der Waals surface area contributed by atoms with E-state index in [9.17, 15) is 5.11 Å². The summed E-state index contributed by atoms with van der Waals surface area (Å²) in [5, 5.41) is 11.9. The van der Waals surface area contributed by atoms with Crippen LogP contribution in [0.4, 0.5) is 0 Å². The summed E-state index contributed by atoms with van der Waals surface area (Å²) < 4.78 is 0. The molecular formula is C18H21NO. The second-order valence-electron chi connectivity index (χ2n) is 6.39. The van der Waals surface area contributed by atoms with Crippen LogP contribution < -0.4 is 0 Å². The molecule has 20 heavy (non-hydrogen) atoms. The van der Waals surface area contributed by atoms with Gasteiger partial charge in [0.25, 0.3) is 0 Å². The van der Waals surface area contributed by atoms with E-state index in [-0.39, 0.29) is 0 Å². The van der Waals surface area contributed by atoms with E-state index in [2.05, 4.69) is 23.1 Å². The summed E-state index contributed by atoms with van der Waals surface area (Å²) in [6.07, 6.45) is 4.05. The molecule has 0 aromatic heterocycles. The smallest absolute Gasteiger partial charge is 0.116 e. The van der Waals surface area contributed by atoms with Crippen molar-refractivity contribution >= 4 is 10.8 Å². The lowest BCUT2D eigenvalue weighted by atomic mass is 9.76. The lowest BCUT2D eigenvalue weighted by Gasteiger charge is -2.43. The molecule has 0 saturated carbocycles. The Hall–Kier alpha value is -1.54. The largest absolute Gasteiger partial charge is 0.508 e. The van der Waals surface area contributed by atoms with Crippen molar-refractivity contribution in [1.82, 2.24) is 4.90 Å². The molecule has 2 aliphatic heterocycles. The molecule has 0 amide bonds. The molecule has 2 nitrogen and oxygen atoms in total. The summed E-state index contributed by atoms with van der Waals surface area (Å²) in [6.45, 7) is 3.85. The molecule has 3 atom stereocenters. The molecule has 0 aliphatic carbocycles. The number of fused-ring (bicyclic) bond motifs is 3. The Balaban J connectivity index is 1.69. The number of hydrogen-bond acceptors (Lipinski definition) is 2. The average molecular weight is 267 g/mol. The van der Waals surface area contributed by atoms with Crippen LogP contribution in [-0.4, -0.2) is 29.6 Å². The van der Waals surface area contributed by atoms with Crippen LogP contribution in [0.25, 0.3) is 10.8 Å². The molecule has 104 valence electrons. The van der Waals surface area contributed by atoms with Crippen LogP contribution in [-0.2, 0) is 0 Å². The van der Waals surface area contributed by atoms with Crippen molar-refractivity contribution in [1.29, 1.82) is 0 Å². The molecule has 1 N–H and O–H groups in total. The molecule has 2 aromatic rings. The molecule has 0 spiro atoms. The van der Waals surface area contributed by atoms with Gasteiger partial charge >= 0.3 is 0 Å². The minimum absolute atomic E-state index is 0.353. The lowest BCUT2D eigenvalue weighted by molar-refractivity contribution is 0.105. The van der Waals surface area contributed by atoms with Gasteiger partial charge in [-0.2, -0.15) is 0 Å². The second-order valence-corrected chi connectivity index (χ2v) is 6.39. The number of rotatable bonds is 1. The summed E-state index contributed by atoms with van der Waals surface area (Å²) in [4.78, 5) is 2.63. The maximum Gasteiger partial charge on any atom is 0.116 e. The van der Waals surface area contributed by atoms with Gasteiger partial charge in [-0.15, -0.1) is 0 Å². The minimum atomic E-state index is 0.353. The maximum atomic E-state index is 9.56. The zero-order valence-corrected chi connectivity index (χ0v) is 11.8. The highest BCUT2D eigenvalue weighted by Gasteiger charge is 2.32. The van der Waals surface area contributed by atoms with Crippen LogP contribution in [0.1, 0.15) is 30.7 Å². The van der Waals surface area contributed by atoms with Gasteiger partial charge in [0, 0.05) is 6.54 Å². The van der Waals surface area contributed by atoms with Gasteiger partial charge in [-0.1, -0.05) is 24.3 Å². The molecule has 2 fully saturated rings. The number of nitrogens with zero attached hydrogens (tertiary/aromatic N) is 1. The molecule has 2 aliphatic rings. The van der Waals surface area contributed by atoms with Crippen LogP contribution in [0, 0.1) is 5.92 Å². The highest BCUT2D eigenvalue weighted by molar-refractivity contribution is 5.84. The fourth-order valence-corrected chi connectivity index (χ4v) is 4.10. The van der Waals surface area contributed by atoms with Crippen molar-refractivity contribution in [2.75, 3.05) is 19.6 Å². The van der Waals surface area contributed by atoms with E-state index in [4.69, 9.17) is 0 Å². The van der Waals surface area contributed by atoms with Crippen molar-refractivity contribution in [3.63, 3.8) is 0 Å². The molecule has 0 radical (unpaired) electrons. The Morgan fingerprint density at radius 1 is 0.950 bits per heavy atom. The average Bonchev–Trinajstić information content (AvgIpc) is 2.47. The van der Waals surface area contributed by atoms with E-state index in [1.165, 1.54) is 49.8 Å². The van der Waals surface area contributed by atoms with Gasteiger partial charge in [0.1, 0.15) is 5.75 Å². The Morgan fingerprint density at radius 3 is 2.75 bits per heavy atom. The first-order valence-electron chi connectivity index (χ1n) is 7.75. The third-order valence-corrected chi connectivity index (χ3v) is 5.14. The third kappa shape index (κ3) is 2.08. The first-order valence-corrected chi connectivity index (χ1v) is 7.75. The number of aromatic hydroxyl groups is 1. The first-order chi connectivity index (χ1) is 9.79. The molecule has 2 bridgehead atoms. The number of phenols is 1. The predicted molar refractivity (Wildman–Crippen MR) is 82.1 cm³/mol. The zero-order valence-electron chi connectivity index (χ0n) is 11.8. The van der Waals surface area contributed by atoms with Crippen molar-refractivity contribution in [3.8, 4) is 5.75 Å². The monoisotopic (exact) mass is 267 g/mol. The summed E-state index contributed by atoms with van der Waals surface area (Å²) in [7, 11) is 0. The van der Waals surface area contributed by atoms with Crippen molar-refractivity contribution < 1.29 is 5.11 Å². The Labute approximate surface area is 120 Å². The lowest BCUT2D eigenvalue weighted by Crippen LogP contribution is -2.43. The second kappa shape index (κ2) is 4.78. The van der Waals surface area contributed by atoms with Crippen LogP contribution in [0.2, 0.25) is 0 Å². The van der Waals surface area contributed by atoms with Gasteiger partial charge in [0.05, 0.1) is 0 Å². The molecule has 3 unspecified atom stereocenters. The quantitative estimate of drug-likeness (QED) is 0.850. The highest BCUT2D eigenvalue weighted by atomic mass is 16.3. The van der Waals surface area contributed by atoms with Crippen molar-refractivity contribution in [3.05, 3.63) is 42.0 Å². The summed E-state index contributed by atoms with van der Waals surface area (Å²) in [5.74, 6) is 1.92. The Kier molecular flexibility index (Phi) is 2.92. The van der Waals surface area contributed by atoms with Crippen molar-refractivity contribution in [2.45, 2.75) is 25.2 Å². The molecule has 2 heteroatoms. The van der Waals surface area contributed by atoms with Crippen LogP contribution in [0.5, 0.6) is 5.75 Å². The van der Waals surface area contributed by atoms with E-state index in [0.717, 1.165) is 17.2 Å². The van der Waals surface area contributed by atoms with E-state index < -0.39 is 0 Å². The Bertz CT molecular complexity index is 636. The SMILES string of the molecule is Oc1ccc2cc(C3CCN4CCCC3C4)ccc2c1. The summed E-state index contributed by atoms with van der Waals surface area (Å²) >= 11 is 0. The number of piperidine rings is 2. The number of hydrogen-bond donors (Lipinski definition) is 1. The minimum Gasteiger partial charge on any atom is -0.508 e. The van der Waals surface area contributed by atoms with Gasteiger partial charge in [0.15, 0.2) is 0 Å². The molecular weight excluding hydrogens is 246 g/mol.